The lowest BCUT2D eigenvalue weighted by Gasteiger charge is -2.21. The molecule has 0 atom stereocenters. The number of ether oxygens (including phenoxy) is 2. The highest BCUT2D eigenvalue weighted by Crippen LogP contribution is 2.32. The van der Waals surface area contributed by atoms with Gasteiger partial charge in [-0.3, -0.25) is 0 Å². The van der Waals surface area contributed by atoms with Crippen molar-refractivity contribution in [3.63, 3.8) is 0 Å². The Bertz CT molecular complexity index is 305. The summed E-state index contributed by atoms with van der Waals surface area (Å²) in [5, 5.41) is 0. The third kappa shape index (κ3) is 1.54. The van der Waals surface area contributed by atoms with Crippen molar-refractivity contribution in [2.45, 2.75) is 26.4 Å². The average molecular weight is 178 g/mol. The molecular weight excluding hydrogens is 164 g/mol. The molecule has 2 nitrogen and oxygen atoms in total. The molecule has 1 aliphatic heterocycles. The van der Waals surface area contributed by atoms with E-state index < -0.39 is 0 Å². The third-order valence-electron chi connectivity index (χ3n) is 2.29. The van der Waals surface area contributed by atoms with Crippen LogP contribution in [0.1, 0.15) is 30.9 Å². The summed E-state index contributed by atoms with van der Waals surface area (Å²) in [6.45, 7) is 5.41. The maximum atomic E-state index is 5.49. The first-order chi connectivity index (χ1) is 6.29. The highest BCUT2D eigenvalue weighted by Gasteiger charge is 2.15. The molecule has 1 heterocycles. The second-order valence-corrected chi connectivity index (χ2v) is 3.60. The van der Waals surface area contributed by atoms with Crippen LogP contribution in [0.15, 0.2) is 18.2 Å². The minimum atomic E-state index is 0.386. The second-order valence-electron chi connectivity index (χ2n) is 3.60. The Hall–Kier alpha value is -1.02. The van der Waals surface area contributed by atoms with Crippen LogP contribution < -0.4 is 4.74 Å². The summed E-state index contributed by atoms with van der Waals surface area (Å²) in [7, 11) is 0. The van der Waals surface area contributed by atoms with Gasteiger partial charge in [0.25, 0.3) is 0 Å². The van der Waals surface area contributed by atoms with Crippen molar-refractivity contribution in [3.8, 4) is 5.75 Å². The van der Waals surface area contributed by atoms with E-state index in [2.05, 4.69) is 32.0 Å². The summed E-state index contributed by atoms with van der Waals surface area (Å²) in [6, 6.07) is 6.24. The Kier molecular flexibility index (Phi) is 2.23. The smallest absolute Gasteiger partial charge is 0.189 e. The summed E-state index contributed by atoms with van der Waals surface area (Å²) in [5.41, 5.74) is 2.44. The van der Waals surface area contributed by atoms with Crippen LogP contribution in [0.4, 0.5) is 0 Å². The molecule has 2 heteroatoms. The van der Waals surface area contributed by atoms with Gasteiger partial charge in [0, 0.05) is 5.56 Å². The second kappa shape index (κ2) is 3.38. The van der Waals surface area contributed by atoms with Crippen LogP contribution in [0, 0.1) is 0 Å². The first-order valence-electron chi connectivity index (χ1n) is 4.61. The summed E-state index contributed by atoms with van der Waals surface area (Å²) < 4.78 is 10.7. The molecule has 0 unspecified atom stereocenters. The summed E-state index contributed by atoms with van der Waals surface area (Å²) in [4.78, 5) is 0. The molecular formula is C11H14O2. The lowest BCUT2D eigenvalue weighted by molar-refractivity contribution is -0.0171. The summed E-state index contributed by atoms with van der Waals surface area (Å²) in [5.74, 6) is 1.54. The van der Waals surface area contributed by atoms with Crippen molar-refractivity contribution in [2.75, 3.05) is 6.79 Å². The van der Waals surface area contributed by atoms with E-state index in [1.54, 1.807) is 0 Å². The molecule has 1 aromatic carbocycles. The van der Waals surface area contributed by atoms with E-state index in [1.165, 1.54) is 5.56 Å². The molecule has 0 spiro atoms. The van der Waals surface area contributed by atoms with Gasteiger partial charge in [-0.05, 0) is 11.5 Å². The van der Waals surface area contributed by atoms with Crippen LogP contribution in [-0.2, 0) is 11.3 Å². The summed E-state index contributed by atoms with van der Waals surface area (Å²) >= 11 is 0. The first kappa shape index (κ1) is 8.57. The molecule has 0 saturated carbocycles. The fourth-order valence-electron chi connectivity index (χ4n) is 1.60. The molecule has 0 bridgehead atoms. The van der Waals surface area contributed by atoms with Crippen LogP contribution in [0.5, 0.6) is 5.75 Å². The highest BCUT2D eigenvalue weighted by molar-refractivity contribution is 5.43. The Morgan fingerprint density at radius 1 is 1.31 bits per heavy atom. The van der Waals surface area contributed by atoms with Gasteiger partial charge < -0.3 is 9.47 Å². The first-order valence-corrected chi connectivity index (χ1v) is 4.61. The minimum Gasteiger partial charge on any atom is -0.467 e. The van der Waals surface area contributed by atoms with Crippen molar-refractivity contribution in [2.24, 2.45) is 0 Å². The van der Waals surface area contributed by atoms with E-state index in [0.29, 0.717) is 19.3 Å². The van der Waals surface area contributed by atoms with Crippen LogP contribution in [0.3, 0.4) is 0 Å². The quantitative estimate of drug-likeness (QED) is 0.658. The fourth-order valence-corrected chi connectivity index (χ4v) is 1.60. The van der Waals surface area contributed by atoms with E-state index in [-0.39, 0.29) is 0 Å². The van der Waals surface area contributed by atoms with Crippen LogP contribution in [0.25, 0.3) is 0 Å². The monoisotopic (exact) mass is 178 g/mol. The van der Waals surface area contributed by atoms with Crippen molar-refractivity contribution in [1.82, 2.24) is 0 Å². The predicted molar refractivity (Wildman–Crippen MR) is 50.8 cm³/mol. The van der Waals surface area contributed by atoms with E-state index >= 15 is 0 Å². The molecule has 0 aliphatic carbocycles. The Morgan fingerprint density at radius 2 is 2.15 bits per heavy atom. The van der Waals surface area contributed by atoms with Gasteiger partial charge in [-0.2, -0.15) is 0 Å². The predicted octanol–water partition coefficient (Wildman–Crippen LogP) is 2.68. The van der Waals surface area contributed by atoms with E-state index in [4.69, 9.17) is 9.47 Å². The zero-order chi connectivity index (χ0) is 9.26. The molecule has 0 amide bonds. The molecule has 0 radical (unpaired) electrons. The molecule has 0 fully saturated rings. The lowest BCUT2D eigenvalue weighted by atomic mass is 9.99. The zero-order valence-electron chi connectivity index (χ0n) is 8.04. The fraction of sp³-hybridized carbons (Fsp3) is 0.455. The van der Waals surface area contributed by atoms with Crippen molar-refractivity contribution in [3.05, 3.63) is 29.3 Å². The number of hydrogen-bond donors (Lipinski definition) is 0. The van der Waals surface area contributed by atoms with Crippen LogP contribution in [0.2, 0.25) is 0 Å². The topological polar surface area (TPSA) is 18.5 Å². The zero-order valence-corrected chi connectivity index (χ0v) is 8.04. The molecule has 70 valence electrons. The Balaban J connectivity index is 2.46. The Labute approximate surface area is 78.5 Å². The van der Waals surface area contributed by atoms with E-state index in [1.807, 2.05) is 0 Å². The molecule has 0 N–H and O–H groups in total. The largest absolute Gasteiger partial charge is 0.467 e. The maximum Gasteiger partial charge on any atom is 0.189 e. The SMILES string of the molecule is CC(C)c1cccc2c1OCOC2. The molecule has 1 aliphatic rings. The lowest BCUT2D eigenvalue weighted by Crippen LogP contribution is -2.13. The minimum absolute atomic E-state index is 0.386. The average Bonchev–Trinajstić information content (AvgIpc) is 2.17. The van der Waals surface area contributed by atoms with Gasteiger partial charge in [0.15, 0.2) is 6.79 Å². The number of fused-ring (bicyclic) bond motifs is 1. The molecule has 1 aromatic rings. The molecule has 0 saturated heterocycles. The molecule has 13 heavy (non-hydrogen) atoms. The van der Waals surface area contributed by atoms with Gasteiger partial charge in [-0.15, -0.1) is 0 Å². The van der Waals surface area contributed by atoms with Gasteiger partial charge in [0.2, 0.25) is 0 Å². The number of para-hydroxylation sites is 1. The van der Waals surface area contributed by atoms with Crippen molar-refractivity contribution < 1.29 is 9.47 Å². The van der Waals surface area contributed by atoms with Crippen molar-refractivity contribution >= 4 is 0 Å². The van der Waals surface area contributed by atoms with Crippen molar-refractivity contribution in [1.29, 1.82) is 0 Å². The number of hydrogen-bond acceptors (Lipinski definition) is 2. The van der Waals surface area contributed by atoms with Gasteiger partial charge in [-0.25, -0.2) is 0 Å². The maximum absolute atomic E-state index is 5.49. The van der Waals surface area contributed by atoms with Crippen LogP contribution >= 0.6 is 0 Å². The normalized spacial score (nSPS) is 15.3. The molecule has 2 rings (SSSR count). The van der Waals surface area contributed by atoms with Gasteiger partial charge in [-0.1, -0.05) is 32.0 Å². The van der Waals surface area contributed by atoms with Gasteiger partial charge in [0.1, 0.15) is 5.75 Å². The van der Waals surface area contributed by atoms with E-state index in [0.717, 1.165) is 11.3 Å². The number of benzene rings is 1. The summed E-state index contributed by atoms with van der Waals surface area (Å²) in [6.07, 6.45) is 0. The highest BCUT2D eigenvalue weighted by atomic mass is 16.7. The third-order valence-corrected chi connectivity index (χ3v) is 2.29. The number of rotatable bonds is 1. The molecule has 0 aromatic heterocycles. The van der Waals surface area contributed by atoms with Gasteiger partial charge in [0.05, 0.1) is 6.61 Å². The van der Waals surface area contributed by atoms with Gasteiger partial charge >= 0.3 is 0 Å². The van der Waals surface area contributed by atoms with Crippen LogP contribution in [-0.4, -0.2) is 6.79 Å². The Morgan fingerprint density at radius 3 is 2.92 bits per heavy atom. The van der Waals surface area contributed by atoms with E-state index in [9.17, 15) is 0 Å². The standard InChI is InChI=1S/C11H14O2/c1-8(2)10-5-3-4-9-6-12-7-13-11(9)10/h3-5,8H,6-7H2,1-2H3.